The first kappa shape index (κ1) is 20.3. The van der Waals surface area contributed by atoms with Gasteiger partial charge in [0.05, 0.1) is 11.1 Å². The normalized spacial score (nSPS) is 13.0. The number of nitrogens with zero attached hydrogens (tertiary/aromatic N) is 2. The highest BCUT2D eigenvalue weighted by Crippen LogP contribution is 2.32. The molecule has 4 nitrogen and oxygen atoms in total. The predicted molar refractivity (Wildman–Crippen MR) is 86.3 cm³/mol. The summed E-state index contributed by atoms with van der Waals surface area (Å²) in [5.74, 6) is -0.850. The first-order chi connectivity index (χ1) is 12.5. The van der Waals surface area contributed by atoms with Crippen LogP contribution in [0.2, 0.25) is 0 Å². The van der Waals surface area contributed by atoms with Crippen LogP contribution in [0.5, 0.6) is 11.5 Å². The molecule has 0 saturated carbocycles. The molecule has 0 spiro atoms. The molecule has 0 unspecified atom stereocenters. The van der Waals surface area contributed by atoms with Crippen molar-refractivity contribution in [3.8, 4) is 11.5 Å². The Balaban J connectivity index is 2.11. The van der Waals surface area contributed by atoms with E-state index >= 15 is 0 Å². The third-order valence-electron chi connectivity index (χ3n) is 3.33. The number of aromatic hydroxyl groups is 2. The van der Waals surface area contributed by atoms with Gasteiger partial charge in [0.25, 0.3) is 0 Å². The summed E-state index contributed by atoms with van der Waals surface area (Å²) in [4.78, 5) is 7.37. The van der Waals surface area contributed by atoms with E-state index in [1.54, 1.807) is 0 Å². The molecule has 0 aliphatic heterocycles. The summed E-state index contributed by atoms with van der Waals surface area (Å²) in [6.07, 6.45) is -7.27. The van der Waals surface area contributed by atoms with Gasteiger partial charge in [0.2, 0.25) is 0 Å². The molecule has 2 rings (SSSR count). The molecule has 2 aromatic rings. The first-order valence-corrected chi connectivity index (χ1v) is 7.28. The van der Waals surface area contributed by atoms with Gasteiger partial charge in [0.15, 0.2) is 0 Å². The number of halogens is 6. The molecular weight excluding hydrogens is 378 g/mol. The van der Waals surface area contributed by atoms with E-state index in [9.17, 15) is 36.6 Å². The van der Waals surface area contributed by atoms with Crippen molar-refractivity contribution in [1.82, 2.24) is 0 Å². The number of hydrogen-bond acceptors (Lipinski definition) is 4. The molecule has 0 bridgehead atoms. The Morgan fingerprint density at radius 1 is 0.704 bits per heavy atom. The van der Waals surface area contributed by atoms with Gasteiger partial charge < -0.3 is 10.2 Å². The highest BCUT2D eigenvalue weighted by Gasteiger charge is 2.31. The molecule has 2 N–H and O–H groups in total. The third-order valence-corrected chi connectivity index (χ3v) is 3.33. The van der Waals surface area contributed by atoms with Crippen LogP contribution >= 0.6 is 0 Å². The molecule has 0 fully saturated rings. The lowest BCUT2D eigenvalue weighted by atomic mass is 10.1. The standard InChI is InChI=1S/C17H12F6N2O2/c18-16(19,20)12-1-3-14(26)10(5-12)7-24-9-25-8-11-6-13(17(21,22)23)2-4-15(11)27/h1-8,26-27H,9H2. The second kappa shape index (κ2) is 7.68. The zero-order chi connectivity index (χ0) is 20.2. The van der Waals surface area contributed by atoms with Crippen LogP contribution in [0, 0.1) is 0 Å². The molecule has 2 aromatic carbocycles. The highest BCUT2D eigenvalue weighted by molar-refractivity contribution is 5.85. The van der Waals surface area contributed by atoms with E-state index in [0.29, 0.717) is 24.3 Å². The summed E-state index contributed by atoms with van der Waals surface area (Å²) in [6, 6.07) is 4.55. The van der Waals surface area contributed by atoms with Gasteiger partial charge >= 0.3 is 12.4 Å². The van der Waals surface area contributed by atoms with Gasteiger partial charge in [-0.1, -0.05) is 0 Å². The molecular formula is C17H12F6N2O2. The number of phenols is 2. The van der Waals surface area contributed by atoms with E-state index in [1.165, 1.54) is 0 Å². The molecule has 27 heavy (non-hydrogen) atoms. The van der Waals surface area contributed by atoms with Gasteiger partial charge in [-0.2, -0.15) is 26.3 Å². The quantitative estimate of drug-likeness (QED) is 0.591. The Labute approximate surface area is 149 Å². The monoisotopic (exact) mass is 390 g/mol. The maximum absolute atomic E-state index is 12.6. The fourth-order valence-electron chi connectivity index (χ4n) is 1.99. The van der Waals surface area contributed by atoms with Gasteiger partial charge in [-0.25, -0.2) is 0 Å². The lowest BCUT2D eigenvalue weighted by Gasteiger charge is -2.08. The fourth-order valence-corrected chi connectivity index (χ4v) is 1.99. The predicted octanol–water partition coefficient (Wildman–Crippen LogP) is 4.63. The van der Waals surface area contributed by atoms with Crippen molar-refractivity contribution in [3.05, 3.63) is 58.7 Å². The molecule has 10 heteroatoms. The molecule has 0 saturated heterocycles. The molecule has 0 amide bonds. The topological polar surface area (TPSA) is 65.2 Å². The van der Waals surface area contributed by atoms with Gasteiger partial charge in [0.1, 0.15) is 18.2 Å². The van der Waals surface area contributed by atoms with E-state index < -0.39 is 35.0 Å². The van der Waals surface area contributed by atoms with Crippen molar-refractivity contribution >= 4 is 12.4 Å². The van der Waals surface area contributed by atoms with Gasteiger partial charge in [-0.05, 0) is 36.4 Å². The maximum atomic E-state index is 12.6. The minimum atomic E-state index is -4.59. The number of benzene rings is 2. The average molecular weight is 390 g/mol. The second-order valence-corrected chi connectivity index (χ2v) is 5.31. The van der Waals surface area contributed by atoms with E-state index in [1.807, 2.05) is 0 Å². The van der Waals surface area contributed by atoms with Gasteiger partial charge in [0, 0.05) is 23.6 Å². The number of phenolic OH excluding ortho intramolecular Hbond substituents is 2. The summed E-state index contributed by atoms with van der Waals surface area (Å²) in [6.45, 7) is -0.342. The number of alkyl halides is 6. The Bertz CT molecular complexity index is 801. The van der Waals surface area contributed by atoms with Crippen LogP contribution in [-0.2, 0) is 12.4 Å². The molecule has 0 aromatic heterocycles. The maximum Gasteiger partial charge on any atom is 0.416 e. The number of rotatable bonds is 4. The van der Waals surface area contributed by atoms with Crippen molar-refractivity contribution in [2.24, 2.45) is 9.98 Å². The van der Waals surface area contributed by atoms with Gasteiger partial charge in [-0.3, -0.25) is 9.98 Å². The summed E-state index contributed by atoms with van der Waals surface area (Å²) in [5.41, 5.74) is -2.33. The van der Waals surface area contributed by atoms with Crippen LogP contribution in [-0.4, -0.2) is 29.3 Å². The smallest absolute Gasteiger partial charge is 0.416 e. The first-order valence-electron chi connectivity index (χ1n) is 7.28. The van der Waals surface area contributed by atoms with E-state index in [-0.39, 0.29) is 17.8 Å². The van der Waals surface area contributed by atoms with Crippen molar-refractivity contribution < 1.29 is 36.6 Å². The largest absolute Gasteiger partial charge is 0.507 e. The zero-order valence-corrected chi connectivity index (χ0v) is 13.4. The fraction of sp³-hybridized carbons (Fsp3) is 0.176. The number of aliphatic imine (C=N–C) groups is 2. The lowest BCUT2D eigenvalue weighted by molar-refractivity contribution is -0.138. The van der Waals surface area contributed by atoms with Crippen LogP contribution in [0.15, 0.2) is 46.4 Å². The van der Waals surface area contributed by atoms with E-state index in [2.05, 4.69) is 9.98 Å². The molecule has 0 aliphatic rings. The number of hydrogen-bond donors (Lipinski definition) is 2. The molecule has 0 radical (unpaired) electrons. The molecule has 144 valence electrons. The van der Waals surface area contributed by atoms with Crippen LogP contribution in [0.1, 0.15) is 22.3 Å². The SMILES string of the molecule is Oc1ccc(C(F)(F)F)cc1C=NCN=Cc1cc(C(F)(F)F)ccc1O. The zero-order valence-electron chi connectivity index (χ0n) is 13.4. The Hall–Kier alpha value is -3.04. The third kappa shape index (κ3) is 5.47. The van der Waals surface area contributed by atoms with Crippen LogP contribution in [0.4, 0.5) is 26.3 Å². The Morgan fingerprint density at radius 2 is 1.07 bits per heavy atom. The second-order valence-electron chi connectivity index (χ2n) is 5.31. The van der Waals surface area contributed by atoms with Crippen molar-refractivity contribution in [1.29, 1.82) is 0 Å². The Morgan fingerprint density at radius 3 is 1.41 bits per heavy atom. The molecule has 0 aliphatic carbocycles. The summed E-state index contributed by atoms with van der Waals surface area (Å²) >= 11 is 0. The van der Waals surface area contributed by atoms with Crippen molar-refractivity contribution in [3.63, 3.8) is 0 Å². The minimum absolute atomic E-state index is 0.193. The minimum Gasteiger partial charge on any atom is -0.507 e. The van der Waals surface area contributed by atoms with Crippen LogP contribution < -0.4 is 0 Å². The summed E-state index contributed by atoms with van der Waals surface area (Å²) in [5, 5.41) is 19.1. The summed E-state index contributed by atoms with van der Waals surface area (Å²) in [7, 11) is 0. The molecule has 0 atom stereocenters. The van der Waals surface area contributed by atoms with Gasteiger partial charge in [-0.15, -0.1) is 0 Å². The summed E-state index contributed by atoms with van der Waals surface area (Å²) < 4.78 is 75.8. The van der Waals surface area contributed by atoms with Crippen molar-refractivity contribution in [2.75, 3.05) is 6.67 Å². The van der Waals surface area contributed by atoms with E-state index in [0.717, 1.165) is 24.6 Å². The molecule has 0 heterocycles. The van der Waals surface area contributed by atoms with Crippen LogP contribution in [0.3, 0.4) is 0 Å². The van der Waals surface area contributed by atoms with E-state index in [4.69, 9.17) is 0 Å². The lowest BCUT2D eigenvalue weighted by Crippen LogP contribution is -2.05. The highest BCUT2D eigenvalue weighted by atomic mass is 19.4. The van der Waals surface area contributed by atoms with Crippen LogP contribution in [0.25, 0.3) is 0 Å². The average Bonchev–Trinajstić information content (AvgIpc) is 2.55. The van der Waals surface area contributed by atoms with Crippen molar-refractivity contribution in [2.45, 2.75) is 12.4 Å². The Kier molecular flexibility index (Phi) is 5.77.